The van der Waals surface area contributed by atoms with Crippen LogP contribution in [0.5, 0.6) is 0 Å². The standard InChI is InChI=1S/C15H24N2OS2/c1-15(2,3)13-12(8-16-10-4-5-10)20-14(17-13)11-9-19-7-6-18-11/h10-11,16H,4-9H2,1-3H3. The van der Waals surface area contributed by atoms with Crippen molar-refractivity contribution in [3.05, 3.63) is 15.6 Å². The van der Waals surface area contributed by atoms with E-state index in [0.717, 1.165) is 30.7 Å². The second-order valence-corrected chi connectivity index (χ2v) is 8.93. The van der Waals surface area contributed by atoms with E-state index in [1.807, 2.05) is 23.1 Å². The summed E-state index contributed by atoms with van der Waals surface area (Å²) < 4.78 is 5.89. The molecule has 1 saturated carbocycles. The molecule has 3 rings (SSSR count). The van der Waals surface area contributed by atoms with E-state index in [0.29, 0.717) is 0 Å². The van der Waals surface area contributed by atoms with Gasteiger partial charge in [-0.05, 0) is 12.8 Å². The Morgan fingerprint density at radius 2 is 2.15 bits per heavy atom. The van der Waals surface area contributed by atoms with Gasteiger partial charge < -0.3 is 10.1 Å². The zero-order valence-electron chi connectivity index (χ0n) is 12.6. The molecule has 1 aromatic rings. The molecule has 112 valence electrons. The summed E-state index contributed by atoms with van der Waals surface area (Å²) in [7, 11) is 0. The average Bonchev–Trinajstić information content (AvgIpc) is 3.14. The lowest BCUT2D eigenvalue weighted by molar-refractivity contribution is 0.0753. The number of hydrogen-bond acceptors (Lipinski definition) is 5. The fourth-order valence-electron chi connectivity index (χ4n) is 2.37. The van der Waals surface area contributed by atoms with Crippen molar-refractivity contribution in [3.8, 4) is 0 Å². The van der Waals surface area contributed by atoms with Gasteiger partial charge in [0.15, 0.2) is 0 Å². The number of nitrogens with one attached hydrogen (secondary N) is 1. The molecule has 1 aromatic heterocycles. The van der Waals surface area contributed by atoms with E-state index in [-0.39, 0.29) is 11.5 Å². The maximum atomic E-state index is 5.89. The van der Waals surface area contributed by atoms with Gasteiger partial charge in [0.1, 0.15) is 11.1 Å². The number of rotatable bonds is 4. The third-order valence-corrected chi connectivity index (χ3v) is 5.79. The zero-order chi connectivity index (χ0) is 14.2. The molecule has 2 fully saturated rings. The first-order valence-electron chi connectivity index (χ1n) is 7.47. The summed E-state index contributed by atoms with van der Waals surface area (Å²) in [6, 6.07) is 0.745. The normalized spacial score (nSPS) is 24.1. The second kappa shape index (κ2) is 5.95. The monoisotopic (exact) mass is 312 g/mol. The minimum absolute atomic E-state index is 0.108. The number of thioether (sulfide) groups is 1. The van der Waals surface area contributed by atoms with Crippen molar-refractivity contribution in [2.75, 3.05) is 18.1 Å². The summed E-state index contributed by atoms with van der Waals surface area (Å²) in [6.45, 7) is 8.58. The molecular formula is C15H24N2OS2. The molecule has 1 unspecified atom stereocenters. The first-order chi connectivity index (χ1) is 9.54. The van der Waals surface area contributed by atoms with Crippen LogP contribution in [0.1, 0.15) is 55.3 Å². The van der Waals surface area contributed by atoms with E-state index >= 15 is 0 Å². The van der Waals surface area contributed by atoms with Crippen molar-refractivity contribution in [1.29, 1.82) is 0 Å². The minimum Gasteiger partial charge on any atom is -0.369 e. The topological polar surface area (TPSA) is 34.1 Å². The second-order valence-electron chi connectivity index (χ2n) is 6.66. The van der Waals surface area contributed by atoms with Gasteiger partial charge in [-0.25, -0.2) is 4.98 Å². The SMILES string of the molecule is CC(C)(C)c1nc(C2CSCCO2)sc1CNC1CC1. The molecule has 5 heteroatoms. The van der Waals surface area contributed by atoms with Gasteiger partial charge in [0, 0.05) is 34.4 Å². The summed E-state index contributed by atoms with van der Waals surface area (Å²) in [5.74, 6) is 2.16. The quantitative estimate of drug-likeness (QED) is 0.923. The maximum absolute atomic E-state index is 5.89. The van der Waals surface area contributed by atoms with Crippen molar-refractivity contribution < 1.29 is 4.74 Å². The van der Waals surface area contributed by atoms with E-state index in [2.05, 4.69) is 26.1 Å². The van der Waals surface area contributed by atoms with Gasteiger partial charge in [-0.15, -0.1) is 11.3 Å². The van der Waals surface area contributed by atoms with Crippen LogP contribution in [-0.2, 0) is 16.7 Å². The van der Waals surface area contributed by atoms with E-state index in [9.17, 15) is 0 Å². The van der Waals surface area contributed by atoms with Crippen LogP contribution in [0.3, 0.4) is 0 Å². The van der Waals surface area contributed by atoms with Gasteiger partial charge >= 0.3 is 0 Å². The summed E-state index contributed by atoms with van der Waals surface area (Å²) in [4.78, 5) is 6.35. The van der Waals surface area contributed by atoms with Crippen molar-refractivity contribution in [1.82, 2.24) is 10.3 Å². The van der Waals surface area contributed by atoms with Crippen LogP contribution in [0.15, 0.2) is 0 Å². The fourth-order valence-corrected chi connectivity index (χ4v) is 4.60. The molecule has 1 aliphatic heterocycles. The van der Waals surface area contributed by atoms with Crippen molar-refractivity contribution in [2.24, 2.45) is 0 Å². The smallest absolute Gasteiger partial charge is 0.123 e. The summed E-state index contributed by atoms with van der Waals surface area (Å²) in [5.41, 5.74) is 1.36. The Labute approximate surface area is 129 Å². The minimum atomic E-state index is 0.108. The first-order valence-corrected chi connectivity index (χ1v) is 9.44. The number of ether oxygens (including phenoxy) is 1. The van der Waals surface area contributed by atoms with Gasteiger partial charge in [-0.1, -0.05) is 20.8 Å². The molecule has 1 saturated heterocycles. The molecule has 2 heterocycles. The van der Waals surface area contributed by atoms with Crippen molar-refractivity contribution >= 4 is 23.1 Å². The van der Waals surface area contributed by atoms with Gasteiger partial charge in [0.05, 0.1) is 12.3 Å². The lowest BCUT2D eigenvalue weighted by atomic mass is 9.91. The lowest BCUT2D eigenvalue weighted by Crippen LogP contribution is -2.20. The molecule has 0 amide bonds. The molecule has 0 bridgehead atoms. The van der Waals surface area contributed by atoms with Crippen LogP contribution < -0.4 is 5.32 Å². The number of hydrogen-bond donors (Lipinski definition) is 1. The molecule has 3 nitrogen and oxygen atoms in total. The summed E-state index contributed by atoms with van der Waals surface area (Å²) in [6.07, 6.45) is 2.87. The van der Waals surface area contributed by atoms with Crippen LogP contribution in [0.2, 0.25) is 0 Å². The predicted octanol–water partition coefficient (Wildman–Crippen LogP) is 3.50. The summed E-state index contributed by atoms with van der Waals surface area (Å²) >= 11 is 3.83. The first kappa shape index (κ1) is 14.8. The Hall–Kier alpha value is -0.100. The maximum Gasteiger partial charge on any atom is 0.123 e. The van der Waals surface area contributed by atoms with Crippen molar-refractivity contribution in [2.45, 2.75) is 57.7 Å². The third-order valence-electron chi connectivity index (χ3n) is 3.64. The highest BCUT2D eigenvalue weighted by atomic mass is 32.2. The molecule has 1 atom stereocenters. The molecule has 0 aromatic carbocycles. The van der Waals surface area contributed by atoms with Crippen molar-refractivity contribution in [3.63, 3.8) is 0 Å². The lowest BCUT2D eigenvalue weighted by Gasteiger charge is -2.20. The number of aromatic nitrogens is 1. The Bertz CT molecular complexity index is 457. The van der Waals surface area contributed by atoms with Crippen LogP contribution in [0.25, 0.3) is 0 Å². The van der Waals surface area contributed by atoms with Gasteiger partial charge in [-0.2, -0.15) is 11.8 Å². The highest BCUT2D eigenvalue weighted by Crippen LogP contribution is 2.36. The molecule has 2 aliphatic rings. The number of thiazole rings is 1. The van der Waals surface area contributed by atoms with Gasteiger partial charge in [-0.3, -0.25) is 0 Å². The average molecular weight is 313 g/mol. The molecule has 1 aliphatic carbocycles. The van der Waals surface area contributed by atoms with Crippen LogP contribution in [-0.4, -0.2) is 29.1 Å². The highest BCUT2D eigenvalue weighted by Gasteiger charge is 2.28. The highest BCUT2D eigenvalue weighted by molar-refractivity contribution is 7.99. The van der Waals surface area contributed by atoms with Gasteiger partial charge in [0.25, 0.3) is 0 Å². The van der Waals surface area contributed by atoms with Crippen LogP contribution in [0, 0.1) is 0 Å². The number of nitrogens with zero attached hydrogens (tertiary/aromatic N) is 1. The summed E-state index contributed by atoms with van der Waals surface area (Å²) in [5, 5.41) is 4.80. The molecule has 20 heavy (non-hydrogen) atoms. The van der Waals surface area contributed by atoms with E-state index in [1.165, 1.54) is 28.4 Å². The van der Waals surface area contributed by atoms with Crippen LogP contribution >= 0.6 is 23.1 Å². The Kier molecular flexibility index (Phi) is 4.41. The Morgan fingerprint density at radius 1 is 1.35 bits per heavy atom. The molecular weight excluding hydrogens is 288 g/mol. The Morgan fingerprint density at radius 3 is 2.75 bits per heavy atom. The largest absolute Gasteiger partial charge is 0.369 e. The van der Waals surface area contributed by atoms with Crippen LogP contribution in [0.4, 0.5) is 0 Å². The molecule has 0 spiro atoms. The fraction of sp³-hybridized carbons (Fsp3) is 0.800. The molecule has 0 radical (unpaired) electrons. The predicted molar refractivity (Wildman–Crippen MR) is 86.7 cm³/mol. The van der Waals surface area contributed by atoms with E-state index in [4.69, 9.17) is 9.72 Å². The molecule has 1 N–H and O–H groups in total. The van der Waals surface area contributed by atoms with E-state index < -0.39 is 0 Å². The van der Waals surface area contributed by atoms with E-state index in [1.54, 1.807) is 0 Å². The third kappa shape index (κ3) is 3.56. The van der Waals surface area contributed by atoms with Gasteiger partial charge in [0.2, 0.25) is 0 Å². The Balaban J connectivity index is 1.79. The zero-order valence-corrected chi connectivity index (χ0v) is 14.2.